The number of nitrogens with one attached hydrogen (secondary N) is 1. The van der Waals surface area contributed by atoms with Gasteiger partial charge in [-0.1, -0.05) is 13.3 Å². The molecule has 1 fully saturated rings. The zero-order valence-corrected chi connectivity index (χ0v) is 18.4. The van der Waals surface area contributed by atoms with Gasteiger partial charge < -0.3 is 19.7 Å². The Labute approximate surface area is 186 Å². The van der Waals surface area contributed by atoms with Gasteiger partial charge in [0, 0.05) is 17.0 Å². The van der Waals surface area contributed by atoms with E-state index in [1.54, 1.807) is 47.4 Å². The van der Waals surface area contributed by atoms with Crippen LogP contribution in [0.5, 0.6) is 11.5 Å². The van der Waals surface area contributed by atoms with Gasteiger partial charge in [0.15, 0.2) is 11.5 Å². The molecule has 7 nitrogen and oxygen atoms in total. The third-order valence-electron chi connectivity index (χ3n) is 4.89. The van der Waals surface area contributed by atoms with Crippen molar-refractivity contribution in [2.45, 2.75) is 25.8 Å². The van der Waals surface area contributed by atoms with E-state index in [2.05, 4.69) is 12.2 Å². The van der Waals surface area contributed by atoms with Gasteiger partial charge in [0.25, 0.3) is 5.91 Å². The van der Waals surface area contributed by atoms with Crippen LogP contribution in [0.15, 0.2) is 42.5 Å². The highest BCUT2D eigenvalue weighted by Crippen LogP contribution is 2.31. The van der Waals surface area contributed by atoms with Gasteiger partial charge in [0.1, 0.15) is 6.04 Å². The first-order valence-electron chi connectivity index (χ1n) is 10.1. The molecule has 3 rings (SSSR count). The SMILES string of the molecule is CCCCOc1ccc(C(=O)N2CSCC2C(=O)Nc2ccc(C#N)cc2)cc1OC. The molecule has 2 aromatic rings. The van der Waals surface area contributed by atoms with Gasteiger partial charge >= 0.3 is 0 Å². The van der Waals surface area contributed by atoms with Crippen LogP contribution >= 0.6 is 11.8 Å². The van der Waals surface area contributed by atoms with Crippen LogP contribution in [0, 0.1) is 11.3 Å². The second kappa shape index (κ2) is 10.7. The Balaban J connectivity index is 1.71. The molecule has 1 heterocycles. The maximum Gasteiger partial charge on any atom is 0.255 e. The van der Waals surface area contributed by atoms with Crippen molar-refractivity contribution >= 4 is 29.3 Å². The minimum absolute atomic E-state index is 0.233. The Morgan fingerprint density at radius 2 is 2.00 bits per heavy atom. The molecule has 2 aromatic carbocycles. The first kappa shape index (κ1) is 22.5. The molecule has 0 spiro atoms. The molecule has 1 aliphatic rings. The zero-order valence-electron chi connectivity index (χ0n) is 17.6. The first-order valence-corrected chi connectivity index (χ1v) is 11.2. The maximum absolute atomic E-state index is 13.1. The highest BCUT2D eigenvalue weighted by molar-refractivity contribution is 7.99. The molecule has 0 radical (unpaired) electrons. The number of hydrogen-bond donors (Lipinski definition) is 1. The molecule has 0 aliphatic carbocycles. The molecule has 1 atom stereocenters. The van der Waals surface area contributed by atoms with Gasteiger partial charge in [-0.05, 0) is 48.9 Å². The van der Waals surface area contributed by atoms with Gasteiger partial charge in [0.05, 0.1) is 31.2 Å². The van der Waals surface area contributed by atoms with Crippen molar-refractivity contribution in [3.63, 3.8) is 0 Å². The molecule has 0 saturated carbocycles. The fourth-order valence-corrected chi connectivity index (χ4v) is 4.28. The number of methoxy groups -OCH3 is 1. The standard InChI is InChI=1S/C23H25N3O4S/c1-3-4-11-30-20-10-7-17(12-21(20)29-2)23(28)26-15-31-14-19(26)22(27)25-18-8-5-16(13-24)6-9-18/h5-10,12,19H,3-4,11,14-15H2,1-2H3,(H,25,27). The largest absolute Gasteiger partial charge is 0.493 e. The quantitative estimate of drug-likeness (QED) is 0.627. The Morgan fingerprint density at radius 3 is 2.68 bits per heavy atom. The number of carbonyl (C=O) groups is 2. The van der Waals surface area contributed by atoms with Gasteiger partial charge in [0.2, 0.25) is 5.91 Å². The molecule has 1 saturated heterocycles. The highest BCUT2D eigenvalue weighted by Gasteiger charge is 2.35. The van der Waals surface area contributed by atoms with Crippen molar-refractivity contribution in [3.05, 3.63) is 53.6 Å². The van der Waals surface area contributed by atoms with Crippen molar-refractivity contribution in [3.8, 4) is 17.6 Å². The summed E-state index contributed by atoms with van der Waals surface area (Å²) in [6.45, 7) is 2.67. The molecule has 8 heteroatoms. The van der Waals surface area contributed by atoms with E-state index in [1.807, 2.05) is 6.07 Å². The van der Waals surface area contributed by atoms with Crippen LogP contribution in [0.25, 0.3) is 0 Å². The van der Waals surface area contributed by atoms with Gasteiger partial charge in [-0.15, -0.1) is 11.8 Å². The number of unbranched alkanes of at least 4 members (excludes halogenated alkanes) is 1. The van der Waals surface area contributed by atoms with Crippen molar-refractivity contribution in [1.29, 1.82) is 5.26 Å². The monoisotopic (exact) mass is 439 g/mol. The predicted molar refractivity (Wildman–Crippen MR) is 120 cm³/mol. The summed E-state index contributed by atoms with van der Waals surface area (Å²) >= 11 is 1.53. The van der Waals surface area contributed by atoms with Gasteiger partial charge in [-0.25, -0.2) is 0 Å². The van der Waals surface area contributed by atoms with Crippen LogP contribution in [0.4, 0.5) is 5.69 Å². The lowest BCUT2D eigenvalue weighted by atomic mass is 10.1. The Hall–Kier alpha value is -3.18. The molecule has 0 aromatic heterocycles. The third-order valence-corrected chi connectivity index (χ3v) is 5.91. The number of carbonyl (C=O) groups excluding carboxylic acids is 2. The van der Waals surface area contributed by atoms with E-state index in [0.717, 1.165) is 12.8 Å². The van der Waals surface area contributed by atoms with Crippen molar-refractivity contribution in [1.82, 2.24) is 4.90 Å². The minimum atomic E-state index is -0.584. The number of thioether (sulfide) groups is 1. The molecular formula is C23H25N3O4S. The van der Waals surface area contributed by atoms with E-state index in [9.17, 15) is 9.59 Å². The van der Waals surface area contributed by atoms with E-state index in [1.165, 1.54) is 18.9 Å². The second-order valence-corrected chi connectivity index (χ2v) is 8.04. The fourth-order valence-electron chi connectivity index (χ4n) is 3.13. The highest BCUT2D eigenvalue weighted by atomic mass is 32.2. The van der Waals surface area contributed by atoms with Crippen molar-refractivity contribution < 1.29 is 19.1 Å². The zero-order chi connectivity index (χ0) is 22.2. The number of hydrogen-bond acceptors (Lipinski definition) is 6. The number of nitrogens with zero attached hydrogens (tertiary/aromatic N) is 2. The molecule has 162 valence electrons. The van der Waals surface area contributed by atoms with Crippen molar-refractivity contribution in [2.24, 2.45) is 0 Å². The Morgan fingerprint density at radius 1 is 1.23 bits per heavy atom. The van der Waals surface area contributed by atoms with Crippen molar-refractivity contribution in [2.75, 3.05) is 30.7 Å². The summed E-state index contributed by atoms with van der Waals surface area (Å²) in [5, 5.41) is 11.7. The molecule has 1 unspecified atom stereocenters. The number of rotatable bonds is 8. The molecule has 0 bridgehead atoms. The van der Waals surface area contributed by atoms with Crippen LogP contribution in [0.1, 0.15) is 35.7 Å². The van der Waals surface area contributed by atoms with Crippen LogP contribution in [-0.4, -0.2) is 48.1 Å². The summed E-state index contributed by atoms with van der Waals surface area (Å²) in [6, 6.07) is 13.2. The van der Waals surface area contributed by atoms with E-state index in [0.29, 0.717) is 46.5 Å². The minimum Gasteiger partial charge on any atom is -0.493 e. The Kier molecular flexibility index (Phi) is 7.79. The topological polar surface area (TPSA) is 91.7 Å². The number of nitriles is 1. The van der Waals surface area contributed by atoms with Crippen LogP contribution in [-0.2, 0) is 4.79 Å². The lowest BCUT2D eigenvalue weighted by Crippen LogP contribution is -2.44. The predicted octanol–water partition coefficient (Wildman–Crippen LogP) is 3.90. The average Bonchev–Trinajstić information content (AvgIpc) is 3.29. The number of benzene rings is 2. The fraction of sp³-hybridized carbons (Fsp3) is 0.348. The van der Waals surface area contributed by atoms with Crippen LogP contribution in [0.2, 0.25) is 0 Å². The smallest absolute Gasteiger partial charge is 0.255 e. The number of anilines is 1. The molecule has 2 amide bonds. The van der Waals surface area contributed by atoms with Crippen LogP contribution in [0.3, 0.4) is 0 Å². The third kappa shape index (κ3) is 5.50. The van der Waals surface area contributed by atoms with E-state index in [4.69, 9.17) is 14.7 Å². The summed E-state index contributed by atoms with van der Waals surface area (Å²) in [6.07, 6.45) is 1.96. The maximum atomic E-state index is 13.1. The van der Waals surface area contributed by atoms with E-state index in [-0.39, 0.29) is 11.8 Å². The average molecular weight is 440 g/mol. The molecule has 31 heavy (non-hydrogen) atoms. The number of amides is 2. The summed E-state index contributed by atoms with van der Waals surface area (Å²) in [4.78, 5) is 27.5. The van der Waals surface area contributed by atoms with E-state index >= 15 is 0 Å². The van der Waals surface area contributed by atoms with Gasteiger partial charge in [-0.2, -0.15) is 5.26 Å². The summed E-state index contributed by atoms with van der Waals surface area (Å²) in [7, 11) is 1.54. The molecular weight excluding hydrogens is 414 g/mol. The van der Waals surface area contributed by atoms with E-state index < -0.39 is 6.04 Å². The van der Waals surface area contributed by atoms with Gasteiger partial charge in [-0.3, -0.25) is 9.59 Å². The Bertz CT molecular complexity index is 972. The first-order chi connectivity index (χ1) is 15.1. The second-order valence-electron chi connectivity index (χ2n) is 7.04. The number of ether oxygens (including phenoxy) is 2. The lowest BCUT2D eigenvalue weighted by Gasteiger charge is -2.23. The summed E-state index contributed by atoms with van der Waals surface area (Å²) in [5.74, 6) is 1.55. The normalized spacial score (nSPS) is 15.3. The summed E-state index contributed by atoms with van der Waals surface area (Å²) < 4.78 is 11.1. The molecule has 1 aliphatic heterocycles. The van der Waals surface area contributed by atoms with Crippen LogP contribution < -0.4 is 14.8 Å². The summed E-state index contributed by atoms with van der Waals surface area (Å²) in [5.41, 5.74) is 1.55. The lowest BCUT2D eigenvalue weighted by molar-refractivity contribution is -0.119. The molecule has 1 N–H and O–H groups in total.